The van der Waals surface area contributed by atoms with Gasteiger partial charge in [-0.2, -0.15) is 0 Å². The summed E-state index contributed by atoms with van der Waals surface area (Å²) in [6.07, 6.45) is -0.537. The predicted molar refractivity (Wildman–Crippen MR) is 82.3 cm³/mol. The lowest BCUT2D eigenvalue weighted by molar-refractivity contribution is 0.183. The maximum Gasteiger partial charge on any atom is 0.119 e. The molecule has 0 aromatic heterocycles. The van der Waals surface area contributed by atoms with Gasteiger partial charge in [-0.3, -0.25) is 0 Å². The zero-order valence-corrected chi connectivity index (χ0v) is 12.0. The maximum atomic E-state index is 10.4. The van der Waals surface area contributed by atoms with Crippen molar-refractivity contribution in [1.82, 2.24) is 0 Å². The van der Waals surface area contributed by atoms with Gasteiger partial charge >= 0.3 is 0 Å². The third-order valence-electron chi connectivity index (χ3n) is 3.37. The van der Waals surface area contributed by atoms with Gasteiger partial charge in [0.05, 0.1) is 13.2 Å². The molecule has 0 aliphatic heterocycles. The van der Waals surface area contributed by atoms with Crippen molar-refractivity contribution in [2.45, 2.75) is 13.0 Å². The second-order valence-corrected chi connectivity index (χ2v) is 4.67. The van der Waals surface area contributed by atoms with Crippen molar-refractivity contribution in [1.29, 1.82) is 0 Å². The third kappa shape index (κ3) is 3.52. The minimum atomic E-state index is -0.537. The molecule has 0 bridgehead atoms. The zero-order valence-electron chi connectivity index (χ0n) is 12.0. The molecule has 3 heteroatoms. The summed E-state index contributed by atoms with van der Waals surface area (Å²) in [6.45, 7) is 3.50. The molecular formula is C17H21NO2. The van der Waals surface area contributed by atoms with Crippen LogP contribution in [0, 0.1) is 0 Å². The van der Waals surface area contributed by atoms with Crippen LogP contribution in [0.5, 0.6) is 5.75 Å². The minimum absolute atomic E-state index is 0.537. The zero-order chi connectivity index (χ0) is 14.4. The Balaban J connectivity index is 2.11. The summed E-state index contributed by atoms with van der Waals surface area (Å²) in [7, 11) is 1.63. The summed E-state index contributed by atoms with van der Waals surface area (Å²) in [5.41, 5.74) is 2.00. The van der Waals surface area contributed by atoms with Crippen LogP contribution in [0.1, 0.15) is 18.6 Å². The fourth-order valence-electron chi connectivity index (χ4n) is 2.22. The van der Waals surface area contributed by atoms with Crippen molar-refractivity contribution in [2.24, 2.45) is 0 Å². The number of benzene rings is 2. The van der Waals surface area contributed by atoms with E-state index in [0.717, 1.165) is 23.5 Å². The number of methoxy groups -OCH3 is 1. The molecule has 0 aliphatic carbocycles. The quantitative estimate of drug-likeness (QED) is 0.875. The second kappa shape index (κ2) is 6.96. The second-order valence-electron chi connectivity index (χ2n) is 4.67. The first-order chi connectivity index (χ1) is 9.74. The number of anilines is 1. The van der Waals surface area contributed by atoms with Gasteiger partial charge in [0.1, 0.15) is 5.75 Å². The van der Waals surface area contributed by atoms with Crippen molar-refractivity contribution < 1.29 is 9.84 Å². The number of hydrogen-bond donors (Lipinski definition) is 1. The van der Waals surface area contributed by atoms with Gasteiger partial charge in [0.15, 0.2) is 0 Å². The van der Waals surface area contributed by atoms with Crippen LogP contribution >= 0.6 is 0 Å². The van der Waals surface area contributed by atoms with Crippen LogP contribution in [-0.2, 0) is 0 Å². The first-order valence-electron chi connectivity index (χ1n) is 6.86. The van der Waals surface area contributed by atoms with Crippen LogP contribution in [-0.4, -0.2) is 25.3 Å². The number of rotatable bonds is 6. The van der Waals surface area contributed by atoms with E-state index in [2.05, 4.69) is 24.0 Å². The molecule has 0 amide bonds. The first kappa shape index (κ1) is 14.4. The van der Waals surface area contributed by atoms with Gasteiger partial charge < -0.3 is 14.7 Å². The number of aliphatic hydroxyl groups is 1. The number of ether oxygens (including phenoxy) is 1. The van der Waals surface area contributed by atoms with E-state index < -0.39 is 6.10 Å². The Bertz CT molecular complexity index is 528. The molecule has 106 valence electrons. The molecule has 0 radical (unpaired) electrons. The van der Waals surface area contributed by atoms with Gasteiger partial charge in [-0.05, 0) is 36.8 Å². The summed E-state index contributed by atoms with van der Waals surface area (Å²) in [5.74, 6) is 0.768. The lowest BCUT2D eigenvalue weighted by Gasteiger charge is -2.26. The fraction of sp³-hybridized carbons (Fsp3) is 0.294. The Kier molecular flexibility index (Phi) is 5.02. The van der Waals surface area contributed by atoms with Crippen LogP contribution < -0.4 is 9.64 Å². The molecule has 2 aromatic rings. The van der Waals surface area contributed by atoms with Gasteiger partial charge in [-0.25, -0.2) is 0 Å². The van der Waals surface area contributed by atoms with E-state index >= 15 is 0 Å². The lowest BCUT2D eigenvalue weighted by Crippen LogP contribution is -2.28. The minimum Gasteiger partial charge on any atom is -0.497 e. The summed E-state index contributed by atoms with van der Waals surface area (Å²) >= 11 is 0. The van der Waals surface area contributed by atoms with Crippen LogP contribution in [0.3, 0.4) is 0 Å². The third-order valence-corrected chi connectivity index (χ3v) is 3.37. The first-order valence-corrected chi connectivity index (χ1v) is 6.86. The van der Waals surface area contributed by atoms with Crippen molar-refractivity contribution in [2.75, 3.05) is 25.1 Å². The average molecular weight is 271 g/mol. The van der Waals surface area contributed by atoms with Gasteiger partial charge in [0.2, 0.25) is 0 Å². The number of para-hydroxylation sites is 1. The molecule has 0 saturated carbocycles. The maximum absolute atomic E-state index is 10.4. The fourth-order valence-corrected chi connectivity index (χ4v) is 2.22. The van der Waals surface area contributed by atoms with Crippen LogP contribution in [0.15, 0.2) is 54.6 Å². The monoisotopic (exact) mass is 271 g/mol. The Morgan fingerprint density at radius 1 is 1.10 bits per heavy atom. The molecule has 20 heavy (non-hydrogen) atoms. The van der Waals surface area contributed by atoms with E-state index in [0.29, 0.717) is 6.54 Å². The molecule has 1 atom stereocenters. The molecule has 1 N–H and O–H groups in total. The Hall–Kier alpha value is -2.00. The van der Waals surface area contributed by atoms with E-state index in [1.54, 1.807) is 7.11 Å². The normalized spacial score (nSPS) is 11.9. The van der Waals surface area contributed by atoms with Crippen molar-refractivity contribution in [3.8, 4) is 5.75 Å². The summed E-state index contributed by atoms with van der Waals surface area (Å²) in [5, 5.41) is 10.4. The Morgan fingerprint density at radius 3 is 2.50 bits per heavy atom. The van der Waals surface area contributed by atoms with Crippen molar-refractivity contribution in [3.63, 3.8) is 0 Å². The van der Waals surface area contributed by atoms with E-state index in [4.69, 9.17) is 4.74 Å². The van der Waals surface area contributed by atoms with Gasteiger partial charge in [0.25, 0.3) is 0 Å². The Morgan fingerprint density at radius 2 is 1.85 bits per heavy atom. The van der Waals surface area contributed by atoms with Gasteiger partial charge in [-0.15, -0.1) is 0 Å². The number of likely N-dealkylation sites (N-methyl/N-ethyl adjacent to an activating group) is 1. The topological polar surface area (TPSA) is 32.7 Å². The van der Waals surface area contributed by atoms with Crippen LogP contribution in [0.25, 0.3) is 0 Å². The highest BCUT2D eigenvalue weighted by molar-refractivity contribution is 5.46. The molecule has 0 spiro atoms. The summed E-state index contributed by atoms with van der Waals surface area (Å²) in [6, 6.07) is 17.7. The predicted octanol–water partition coefficient (Wildman–Crippen LogP) is 3.26. The summed E-state index contributed by atoms with van der Waals surface area (Å²) < 4.78 is 5.20. The molecule has 3 nitrogen and oxygen atoms in total. The van der Waals surface area contributed by atoms with Crippen LogP contribution in [0.4, 0.5) is 5.69 Å². The van der Waals surface area contributed by atoms with E-state index in [-0.39, 0.29) is 0 Å². The highest BCUT2D eigenvalue weighted by atomic mass is 16.5. The largest absolute Gasteiger partial charge is 0.497 e. The lowest BCUT2D eigenvalue weighted by atomic mass is 10.1. The molecular weight excluding hydrogens is 250 g/mol. The standard InChI is InChI=1S/C17H21NO2/c1-3-18(15-9-5-4-6-10-15)13-17(19)14-8-7-11-16(12-14)20-2/h4-12,17,19H,3,13H2,1-2H3. The van der Waals surface area contributed by atoms with E-state index in [1.807, 2.05) is 42.5 Å². The summed E-state index contributed by atoms with van der Waals surface area (Å²) in [4.78, 5) is 2.16. The number of hydrogen-bond acceptors (Lipinski definition) is 3. The number of aliphatic hydroxyl groups excluding tert-OH is 1. The molecule has 0 fully saturated rings. The molecule has 0 heterocycles. The molecule has 0 aliphatic rings. The van der Waals surface area contributed by atoms with E-state index in [9.17, 15) is 5.11 Å². The Labute approximate surface area is 120 Å². The van der Waals surface area contributed by atoms with Crippen LogP contribution in [0.2, 0.25) is 0 Å². The molecule has 2 rings (SSSR count). The highest BCUT2D eigenvalue weighted by Gasteiger charge is 2.13. The van der Waals surface area contributed by atoms with Gasteiger partial charge in [-0.1, -0.05) is 30.3 Å². The smallest absolute Gasteiger partial charge is 0.119 e. The highest BCUT2D eigenvalue weighted by Crippen LogP contribution is 2.22. The van der Waals surface area contributed by atoms with Crippen molar-refractivity contribution >= 4 is 5.69 Å². The average Bonchev–Trinajstić information content (AvgIpc) is 2.53. The number of nitrogens with zero attached hydrogens (tertiary/aromatic N) is 1. The molecule has 2 aromatic carbocycles. The SMILES string of the molecule is CCN(CC(O)c1cccc(OC)c1)c1ccccc1. The molecule has 1 unspecified atom stereocenters. The molecule has 0 saturated heterocycles. The van der Waals surface area contributed by atoms with Gasteiger partial charge in [0, 0.05) is 18.8 Å². The van der Waals surface area contributed by atoms with Crippen molar-refractivity contribution in [3.05, 3.63) is 60.2 Å². The van der Waals surface area contributed by atoms with E-state index in [1.165, 1.54) is 0 Å².